The van der Waals surface area contributed by atoms with Crippen molar-refractivity contribution >= 4 is 15.6 Å². The summed E-state index contributed by atoms with van der Waals surface area (Å²) in [6.07, 6.45) is 6.27. The Hall–Kier alpha value is -1.47. The van der Waals surface area contributed by atoms with Crippen LogP contribution < -0.4 is 0 Å². The SMILES string of the molecule is CC1CCS(=O)(=O)CCN1Cc1cn2cccnc2n1. The second kappa shape index (κ2) is 5.14. The molecule has 6 nitrogen and oxygen atoms in total. The first-order chi connectivity index (χ1) is 9.53. The Kier molecular flexibility index (Phi) is 3.47. The molecule has 1 atom stereocenters. The van der Waals surface area contributed by atoms with Gasteiger partial charge in [-0.25, -0.2) is 18.4 Å². The fourth-order valence-corrected chi connectivity index (χ4v) is 3.93. The summed E-state index contributed by atoms with van der Waals surface area (Å²) in [7, 11) is -2.88. The maximum absolute atomic E-state index is 11.7. The van der Waals surface area contributed by atoms with Crippen molar-refractivity contribution in [2.45, 2.75) is 25.9 Å². The Morgan fingerprint density at radius 2 is 2.25 bits per heavy atom. The van der Waals surface area contributed by atoms with E-state index in [2.05, 4.69) is 21.8 Å². The van der Waals surface area contributed by atoms with Crippen LogP contribution in [0.1, 0.15) is 19.0 Å². The number of imidazole rings is 1. The first-order valence-electron chi connectivity index (χ1n) is 6.76. The number of fused-ring (bicyclic) bond motifs is 1. The summed E-state index contributed by atoms with van der Waals surface area (Å²) in [4.78, 5) is 10.8. The van der Waals surface area contributed by atoms with Gasteiger partial charge in [0.05, 0.1) is 17.2 Å². The molecule has 0 radical (unpaired) electrons. The quantitative estimate of drug-likeness (QED) is 0.817. The normalized spacial score (nSPS) is 23.8. The van der Waals surface area contributed by atoms with E-state index in [-0.39, 0.29) is 17.5 Å². The van der Waals surface area contributed by atoms with Crippen LogP contribution in [-0.2, 0) is 16.4 Å². The third-order valence-electron chi connectivity index (χ3n) is 3.81. The van der Waals surface area contributed by atoms with E-state index >= 15 is 0 Å². The molecule has 0 amide bonds. The molecule has 0 bridgehead atoms. The van der Waals surface area contributed by atoms with Gasteiger partial charge in [-0.15, -0.1) is 0 Å². The molecular weight excluding hydrogens is 276 g/mol. The minimum absolute atomic E-state index is 0.239. The lowest BCUT2D eigenvalue weighted by atomic mass is 10.2. The van der Waals surface area contributed by atoms with Crippen LogP contribution in [0.15, 0.2) is 24.7 Å². The highest BCUT2D eigenvalue weighted by Crippen LogP contribution is 2.15. The van der Waals surface area contributed by atoms with Crippen molar-refractivity contribution in [3.8, 4) is 0 Å². The maximum Gasteiger partial charge on any atom is 0.233 e. The fourth-order valence-electron chi connectivity index (χ4n) is 2.51. The van der Waals surface area contributed by atoms with E-state index in [1.54, 1.807) is 6.20 Å². The van der Waals surface area contributed by atoms with Crippen molar-refractivity contribution in [1.29, 1.82) is 0 Å². The number of nitrogens with zero attached hydrogens (tertiary/aromatic N) is 4. The molecular formula is C13H18N4O2S. The van der Waals surface area contributed by atoms with Gasteiger partial charge in [-0.3, -0.25) is 9.30 Å². The molecule has 3 rings (SSSR count). The van der Waals surface area contributed by atoms with Crippen LogP contribution in [0.3, 0.4) is 0 Å². The zero-order valence-electron chi connectivity index (χ0n) is 11.4. The van der Waals surface area contributed by atoms with E-state index in [4.69, 9.17) is 0 Å². The van der Waals surface area contributed by atoms with Gasteiger partial charge in [-0.1, -0.05) is 0 Å². The molecule has 1 unspecified atom stereocenters. The molecule has 0 aromatic carbocycles. The van der Waals surface area contributed by atoms with Gasteiger partial charge in [0.2, 0.25) is 5.78 Å². The molecule has 1 aliphatic heterocycles. The van der Waals surface area contributed by atoms with Crippen LogP contribution >= 0.6 is 0 Å². The minimum atomic E-state index is -2.88. The Bertz CT molecular complexity index is 677. The van der Waals surface area contributed by atoms with E-state index in [9.17, 15) is 8.42 Å². The van der Waals surface area contributed by atoms with E-state index in [0.29, 0.717) is 25.3 Å². The average molecular weight is 294 g/mol. The van der Waals surface area contributed by atoms with Crippen molar-refractivity contribution in [2.24, 2.45) is 0 Å². The van der Waals surface area contributed by atoms with Crippen molar-refractivity contribution in [1.82, 2.24) is 19.3 Å². The molecule has 0 aliphatic carbocycles. The average Bonchev–Trinajstić information content (AvgIpc) is 2.77. The van der Waals surface area contributed by atoms with E-state index in [1.807, 2.05) is 22.9 Å². The molecule has 1 aliphatic rings. The molecule has 20 heavy (non-hydrogen) atoms. The maximum atomic E-state index is 11.7. The Morgan fingerprint density at radius 3 is 3.05 bits per heavy atom. The highest BCUT2D eigenvalue weighted by molar-refractivity contribution is 7.91. The Balaban J connectivity index is 1.79. The molecule has 108 valence electrons. The monoisotopic (exact) mass is 294 g/mol. The van der Waals surface area contributed by atoms with Crippen molar-refractivity contribution in [3.63, 3.8) is 0 Å². The molecule has 1 saturated heterocycles. The molecule has 0 N–H and O–H groups in total. The molecule has 3 heterocycles. The molecule has 2 aromatic heterocycles. The van der Waals surface area contributed by atoms with Crippen LogP contribution in [0.5, 0.6) is 0 Å². The predicted molar refractivity (Wildman–Crippen MR) is 76.1 cm³/mol. The van der Waals surface area contributed by atoms with E-state index in [0.717, 1.165) is 5.69 Å². The lowest BCUT2D eigenvalue weighted by Gasteiger charge is -2.25. The van der Waals surface area contributed by atoms with Gasteiger partial charge in [0.15, 0.2) is 9.84 Å². The van der Waals surface area contributed by atoms with Gasteiger partial charge in [-0.2, -0.15) is 0 Å². The van der Waals surface area contributed by atoms with Gasteiger partial charge >= 0.3 is 0 Å². The number of hydrogen-bond donors (Lipinski definition) is 0. The first-order valence-corrected chi connectivity index (χ1v) is 8.59. The number of aromatic nitrogens is 3. The number of hydrogen-bond acceptors (Lipinski definition) is 5. The highest BCUT2D eigenvalue weighted by Gasteiger charge is 2.24. The van der Waals surface area contributed by atoms with Crippen LogP contribution in [0.4, 0.5) is 0 Å². The first kappa shape index (κ1) is 13.5. The lowest BCUT2D eigenvalue weighted by Crippen LogP contribution is -2.33. The Morgan fingerprint density at radius 1 is 1.40 bits per heavy atom. The zero-order valence-corrected chi connectivity index (χ0v) is 12.3. The zero-order chi connectivity index (χ0) is 14.2. The van der Waals surface area contributed by atoms with Crippen molar-refractivity contribution in [3.05, 3.63) is 30.4 Å². The smallest absolute Gasteiger partial charge is 0.233 e. The second-order valence-corrected chi connectivity index (χ2v) is 7.62. The van der Waals surface area contributed by atoms with Crippen molar-refractivity contribution in [2.75, 3.05) is 18.1 Å². The molecule has 0 saturated carbocycles. The van der Waals surface area contributed by atoms with Crippen LogP contribution in [0.2, 0.25) is 0 Å². The largest absolute Gasteiger partial charge is 0.294 e. The van der Waals surface area contributed by atoms with Gasteiger partial charge in [-0.05, 0) is 19.4 Å². The summed E-state index contributed by atoms with van der Waals surface area (Å²) in [6, 6.07) is 2.12. The Labute approximate surface area is 118 Å². The summed E-state index contributed by atoms with van der Waals surface area (Å²) in [5, 5.41) is 0. The van der Waals surface area contributed by atoms with Gasteiger partial charge in [0.1, 0.15) is 0 Å². The summed E-state index contributed by atoms with van der Waals surface area (Å²) in [5.41, 5.74) is 0.926. The number of rotatable bonds is 2. The van der Waals surface area contributed by atoms with Gasteiger partial charge in [0, 0.05) is 37.7 Å². The summed E-state index contributed by atoms with van der Waals surface area (Å²) < 4.78 is 25.3. The third-order valence-corrected chi connectivity index (χ3v) is 5.47. The van der Waals surface area contributed by atoms with Crippen LogP contribution in [0.25, 0.3) is 5.78 Å². The lowest BCUT2D eigenvalue weighted by molar-refractivity contribution is 0.210. The number of sulfone groups is 1. The molecule has 2 aromatic rings. The topological polar surface area (TPSA) is 67.6 Å². The van der Waals surface area contributed by atoms with Crippen molar-refractivity contribution < 1.29 is 8.42 Å². The minimum Gasteiger partial charge on any atom is -0.294 e. The van der Waals surface area contributed by atoms with Crippen LogP contribution in [0, 0.1) is 0 Å². The molecule has 7 heteroatoms. The summed E-state index contributed by atoms with van der Waals surface area (Å²) >= 11 is 0. The third kappa shape index (κ3) is 2.83. The van der Waals surface area contributed by atoms with E-state index in [1.165, 1.54) is 0 Å². The fraction of sp³-hybridized carbons (Fsp3) is 0.538. The van der Waals surface area contributed by atoms with Crippen LogP contribution in [-0.4, -0.2) is 51.8 Å². The molecule has 1 fully saturated rings. The highest BCUT2D eigenvalue weighted by atomic mass is 32.2. The second-order valence-electron chi connectivity index (χ2n) is 5.32. The standard InChI is InChI=1S/C13H18N4O2S/c1-11-3-7-20(18,19)8-6-16(11)9-12-10-17-5-2-4-14-13(17)15-12/h2,4-5,10-11H,3,6-9H2,1H3. The van der Waals surface area contributed by atoms with Gasteiger partial charge < -0.3 is 0 Å². The summed E-state index contributed by atoms with van der Waals surface area (Å²) in [6.45, 7) is 3.32. The van der Waals surface area contributed by atoms with E-state index < -0.39 is 9.84 Å². The molecule has 0 spiro atoms. The van der Waals surface area contributed by atoms with Gasteiger partial charge in [0.25, 0.3) is 0 Å². The summed E-state index contributed by atoms with van der Waals surface area (Å²) in [5.74, 6) is 1.21. The predicted octanol–water partition coefficient (Wildman–Crippen LogP) is 0.738.